The lowest BCUT2D eigenvalue weighted by molar-refractivity contribution is -0.145. The molecule has 0 aromatic carbocycles. The van der Waals surface area contributed by atoms with Crippen LogP contribution in [-0.2, 0) is 9.59 Å². The average Bonchev–Trinajstić information content (AvgIpc) is 2.78. The Balaban J connectivity index is 2.11. The summed E-state index contributed by atoms with van der Waals surface area (Å²) in [4.78, 5) is 25.2. The molecule has 1 saturated carbocycles. The van der Waals surface area contributed by atoms with Gasteiger partial charge in [0.1, 0.15) is 6.04 Å². The van der Waals surface area contributed by atoms with Crippen LogP contribution in [0.5, 0.6) is 0 Å². The molecule has 0 radical (unpaired) electrons. The predicted molar refractivity (Wildman–Crippen MR) is 56.1 cm³/mol. The minimum Gasteiger partial charge on any atom is -0.343 e. The van der Waals surface area contributed by atoms with Crippen molar-refractivity contribution in [1.29, 1.82) is 0 Å². The van der Waals surface area contributed by atoms with Crippen LogP contribution in [0.25, 0.3) is 0 Å². The molecule has 2 unspecified atom stereocenters. The first-order chi connectivity index (χ1) is 6.95. The van der Waals surface area contributed by atoms with Crippen molar-refractivity contribution < 1.29 is 9.59 Å². The molecule has 1 aliphatic heterocycles. The van der Waals surface area contributed by atoms with Crippen LogP contribution in [0.3, 0.4) is 0 Å². The number of hydrogen-bond acceptors (Lipinski definition) is 2. The first kappa shape index (κ1) is 10.5. The lowest BCUT2D eigenvalue weighted by Gasteiger charge is -2.33. The van der Waals surface area contributed by atoms with Gasteiger partial charge in [0.05, 0.1) is 6.54 Å². The number of nitrogens with one attached hydrogen (secondary N) is 1. The standard InChI is InChI=1S/C11H18N2O2/c1-4-7-10(15)13(6-9(14)12-7)8-5-11(8,2)3/h7-8H,4-6H2,1-3H3,(H,12,14). The van der Waals surface area contributed by atoms with Crippen molar-refractivity contribution in [3.05, 3.63) is 0 Å². The maximum atomic E-state index is 12.0. The fraction of sp³-hybridized carbons (Fsp3) is 0.818. The van der Waals surface area contributed by atoms with E-state index in [1.54, 1.807) is 4.90 Å². The van der Waals surface area contributed by atoms with E-state index in [0.29, 0.717) is 6.42 Å². The fourth-order valence-electron chi connectivity index (χ4n) is 2.25. The van der Waals surface area contributed by atoms with E-state index in [0.717, 1.165) is 6.42 Å². The van der Waals surface area contributed by atoms with Crippen molar-refractivity contribution in [3.63, 3.8) is 0 Å². The second-order valence-electron chi connectivity index (χ2n) is 5.20. The number of rotatable bonds is 2. The Bertz CT molecular complexity index is 312. The van der Waals surface area contributed by atoms with Gasteiger partial charge in [0.2, 0.25) is 11.8 Å². The summed E-state index contributed by atoms with van der Waals surface area (Å²) in [7, 11) is 0. The van der Waals surface area contributed by atoms with E-state index in [1.807, 2.05) is 6.92 Å². The maximum Gasteiger partial charge on any atom is 0.245 e. The molecule has 2 atom stereocenters. The Labute approximate surface area is 90.0 Å². The number of hydrogen-bond donors (Lipinski definition) is 1. The molecular formula is C11H18N2O2. The van der Waals surface area contributed by atoms with Gasteiger partial charge in [-0.25, -0.2) is 0 Å². The molecule has 2 rings (SSSR count). The van der Waals surface area contributed by atoms with Crippen LogP contribution in [0.1, 0.15) is 33.6 Å². The van der Waals surface area contributed by atoms with Crippen LogP contribution in [0.2, 0.25) is 0 Å². The highest BCUT2D eigenvalue weighted by molar-refractivity contribution is 5.95. The van der Waals surface area contributed by atoms with Crippen molar-refractivity contribution >= 4 is 11.8 Å². The molecule has 2 amide bonds. The number of piperazine rings is 1. The highest BCUT2D eigenvalue weighted by Crippen LogP contribution is 2.48. The third-order valence-electron chi connectivity index (χ3n) is 3.48. The van der Waals surface area contributed by atoms with E-state index < -0.39 is 0 Å². The van der Waals surface area contributed by atoms with E-state index in [1.165, 1.54) is 0 Å². The molecule has 0 aromatic heterocycles. The molecule has 1 N–H and O–H groups in total. The Morgan fingerprint density at radius 1 is 1.47 bits per heavy atom. The Hall–Kier alpha value is -1.06. The van der Waals surface area contributed by atoms with Crippen LogP contribution in [-0.4, -0.2) is 35.3 Å². The van der Waals surface area contributed by atoms with E-state index in [9.17, 15) is 9.59 Å². The van der Waals surface area contributed by atoms with Gasteiger partial charge in [-0.05, 0) is 18.3 Å². The smallest absolute Gasteiger partial charge is 0.245 e. The van der Waals surface area contributed by atoms with Crippen molar-refractivity contribution in [1.82, 2.24) is 10.2 Å². The molecule has 4 heteroatoms. The first-order valence-electron chi connectivity index (χ1n) is 5.55. The van der Waals surface area contributed by atoms with Gasteiger partial charge >= 0.3 is 0 Å². The van der Waals surface area contributed by atoms with Crippen molar-refractivity contribution in [3.8, 4) is 0 Å². The van der Waals surface area contributed by atoms with Gasteiger partial charge in [0.15, 0.2) is 0 Å². The van der Waals surface area contributed by atoms with E-state index in [4.69, 9.17) is 0 Å². The molecular weight excluding hydrogens is 192 g/mol. The lowest BCUT2D eigenvalue weighted by Crippen LogP contribution is -2.58. The van der Waals surface area contributed by atoms with Gasteiger partial charge in [-0.2, -0.15) is 0 Å². The molecule has 0 spiro atoms. The van der Waals surface area contributed by atoms with E-state index >= 15 is 0 Å². The topological polar surface area (TPSA) is 49.4 Å². The minimum absolute atomic E-state index is 0.0239. The lowest BCUT2D eigenvalue weighted by atomic mass is 10.1. The van der Waals surface area contributed by atoms with E-state index in [2.05, 4.69) is 19.2 Å². The summed E-state index contributed by atoms with van der Waals surface area (Å²) in [6.45, 7) is 6.44. The van der Waals surface area contributed by atoms with Crippen molar-refractivity contribution in [2.24, 2.45) is 5.41 Å². The molecule has 4 nitrogen and oxygen atoms in total. The highest BCUT2D eigenvalue weighted by Gasteiger charge is 2.53. The number of amides is 2. The zero-order chi connectivity index (χ0) is 11.2. The third-order valence-corrected chi connectivity index (χ3v) is 3.48. The largest absolute Gasteiger partial charge is 0.343 e. The second-order valence-corrected chi connectivity index (χ2v) is 5.20. The Kier molecular flexibility index (Phi) is 2.24. The third kappa shape index (κ3) is 1.73. The quantitative estimate of drug-likeness (QED) is 0.722. The van der Waals surface area contributed by atoms with Crippen LogP contribution in [0.15, 0.2) is 0 Å². The Morgan fingerprint density at radius 2 is 2.07 bits per heavy atom. The molecule has 1 aliphatic carbocycles. The van der Waals surface area contributed by atoms with Gasteiger partial charge in [-0.3, -0.25) is 9.59 Å². The van der Waals surface area contributed by atoms with Crippen LogP contribution < -0.4 is 5.32 Å². The monoisotopic (exact) mass is 210 g/mol. The van der Waals surface area contributed by atoms with Crippen molar-refractivity contribution in [2.75, 3.05) is 6.54 Å². The second kappa shape index (κ2) is 3.22. The summed E-state index contributed by atoms with van der Waals surface area (Å²) in [5.74, 6) is 0.0665. The van der Waals surface area contributed by atoms with Crippen LogP contribution >= 0.6 is 0 Å². The number of carbonyl (C=O) groups is 2. The maximum absolute atomic E-state index is 12.0. The zero-order valence-corrected chi connectivity index (χ0v) is 9.54. The van der Waals surface area contributed by atoms with Gasteiger partial charge in [0.25, 0.3) is 0 Å². The molecule has 84 valence electrons. The van der Waals surface area contributed by atoms with Crippen LogP contribution in [0, 0.1) is 5.41 Å². The van der Waals surface area contributed by atoms with Gasteiger partial charge in [-0.1, -0.05) is 20.8 Å². The van der Waals surface area contributed by atoms with E-state index in [-0.39, 0.29) is 35.9 Å². The van der Waals surface area contributed by atoms with Gasteiger partial charge < -0.3 is 10.2 Å². The summed E-state index contributed by atoms with van der Waals surface area (Å²) in [6.07, 6.45) is 1.69. The molecule has 1 heterocycles. The zero-order valence-electron chi connectivity index (χ0n) is 9.54. The molecule has 15 heavy (non-hydrogen) atoms. The molecule has 1 saturated heterocycles. The predicted octanol–water partition coefficient (Wildman–Crippen LogP) is 0.522. The fourth-order valence-corrected chi connectivity index (χ4v) is 2.25. The Morgan fingerprint density at radius 3 is 2.53 bits per heavy atom. The number of nitrogens with zero attached hydrogens (tertiary/aromatic N) is 1. The van der Waals surface area contributed by atoms with Crippen molar-refractivity contribution in [2.45, 2.75) is 45.7 Å². The molecule has 0 bridgehead atoms. The summed E-state index contributed by atoms with van der Waals surface area (Å²) in [6, 6.07) is -0.0345. The van der Waals surface area contributed by atoms with Gasteiger partial charge in [-0.15, -0.1) is 0 Å². The van der Waals surface area contributed by atoms with Crippen LogP contribution in [0.4, 0.5) is 0 Å². The summed E-state index contributed by atoms with van der Waals surface area (Å²) in [5, 5.41) is 2.73. The molecule has 2 fully saturated rings. The van der Waals surface area contributed by atoms with Gasteiger partial charge in [0, 0.05) is 6.04 Å². The normalized spacial score (nSPS) is 33.9. The SMILES string of the molecule is CCC1NC(=O)CN(C2CC2(C)C)C1=O. The first-order valence-corrected chi connectivity index (χ1v) is 5.55. The summed E-state index contributed by atoms with van der Waals surface area (Å²) >= 11 is 0. The molecule has 2 aliphatic rings. The minimum atomic E-state index is -0.303. The molecule has 0 aromatic rings. The highest BCUT2D eigenvalue weighted by atomic mass is 16.2. The summed E-state index contributed by atoms with van der Waals surface area (Å²) in [5.41, 5.74) is 0.200. The average molecular weight is 210 g/mol. The summed E-state index contributed by atoms with van der Waals surface area (Å²) < 4.78 is 0. The number of carbonyl (C=O) groups excluding carboxylic acids is 2.